The summed E-state index contributed by atoms with van der Waals surface area (Å²) in [5, 5.41) is 12.3. The monoisotopic (exact) mass is 340 g/mol. The highest BCUT2D eigenvalue weighted by molar-refractivity contribution is 5.74. The van der Waals surface area contributed by atoms with Crippen LogP contribution in [0.3, 0.4) is 0 Å². The van der Waals surface area contributed by atoms with Crippen LogP contribution in [0, 0.1) is 0 Å². The van der Waals surface area contributed by atoms with Gasteiger partial charge in [0, 0.05) is 25.6 Å². The van der Waals surface area contributed by atoms with E-state index in [2.05, 4.69) is 36.5 Å². The van der Waals surface area contributed by atoms with E-state index in [4.69, 9.17) is 0 Å². The number of benzene rings is 2. The molecule has 2 rings (SSSR count). The molecule has 0 heterocycles. The molecular formula is C21H28N2O2. The molecule has 2 aromatic rings. The molecule has 25 heavy (non-hydrogen) atoms. The van der Waals surface area contributed by atoms with E-state index < -0.39 is 0 Å². The molecule has 0 aliphatic carbocycles. The number of nitrogens with one attached hydrogen (secondary N) is 1. The smallest absolute Gasteiger partial charge is 0.317 e. The molecule has 0 spiro atoms. The topological polar surface area (TPSA) is 52.6 Å². The first-order valence-electron chi connectivity index (χ1n) is 8.97. The second kappa shape index (κ2) is 10.5. The van der Waals surface area contributed by atoms with E-state index in [1.54, 1.807) is 4.90 Å². The molecule has 0 aliphatic heterocycles. The van der Waals surface area contributed by atoms with Crippen LogP contribution in [-0.4, -0.2) is 42.3 Å². The molecule has 0 aromatic heterocycles. The van der Waals surface area contributed by atoms with E-state index in [9.17, 15) is 9.90 Å². The van der Waals surface area contributed by atoms with Crippen molar-refractivity contribution in [3.63, 3.8) is 0 Å². The average Bonchev–Trinajstić information content (AvgIpc) is 2.67. The van der Waals surface area contributed by atoms with Crippen LogP contribution in [0.4, 0.5) is 4.79 Å². The summed E-state index contributed by atoms with van der Waals surface area (Å²) >= 11 is 0. The van der Waals surface area contributed by atoms with Gasteiger partial charge in [0.2, 0.25) is 0 Å². The van der Waals surface area contributed by atoms with Gasteiger partial charge in [-0.3, -0.25) is 0 Å². The Morgan fingerprint density at radius 3 is 2.28 bits per heavy atom. The largest absolute Gasteiger partial charge is 0.395 e. The van der Waals surface area contributed by atoms with Crippen molar-refractivity contribution in [2.24, 2.45) is 0 Å². The normalized spacial score (nSPS) is 11.8. The zero-order valence-corrected chi connectivity index (χ0v) is 14.9. The maximum Gasteiger partial charge on any atom is 0.317 e. The third-order valence-electron chi connectivity index (χ3n) is 4.43. The number of urea groups is 1. The Hall–Kier alpha value is -2.33. The van der Waals surface area contributed by atoms with Crippen molar-refractivity contribution in [2.75, 3.05) is 26.2 Å². The summed E-state index contributed by atoms with van der Waals surface area (Å²) in [6.07, 6.45) is 1.75. The van der Waals surface area contributed by atoms with E-state index >= 15 is 0 Å². The fraction of sp³-hybridized carbons (Fsp3) is 0.381. The number of hydrogen-bond acceptors (Lipinski definition) is 2. The first-order valence-corrected chi connectivity index (χ1v) is 8.97. The number of rotatable bonds is 9. The number of carbonyl (C=O) groups excluding carboxylic acids is 1. The Bertz CT molecular complexity index is 616. The molecule has 0 fully saturated rings. The van der Waals surface area contributed by atoms with Gasteiger partial charge in [-0.25, -0.2) is 4.79 Å². The molecule has 4 heteroatoms. The third kappa shape index (κ3) is 6.24. The quantitative estimate of drug-likeness (QED) is 0.735. The highest BCUT2D eigenvalue weighted by Crippen LogP contribution is 2.18. The average molecular weight is 340 g/mol. The fourth-order valence-corrected chi connectivity index (χ4v) is 2.89. The number of aliphatic hydroxyl groups is 1. The van der Waals surface area contributed by atoms with E-state index in [1.165, 1.54) is 11.1 Å². The maximum absolute atomic E-state index is 12.5. The summed E-state index contributed by atoms with van der Waals surface area (Å²) in [7, 11) is 0. The summed E-state index contributed by atoms with van der Waals surface area (Å²) in [4.78, 5) is 14.2. The maximum atomic E-state index is 12.5. The van der Waals surface area contributed by atoms with Crippen LogP contribution in [0.15, 0.2) is 60.7 Å². The van der Waals surface area contributed by atoms with Crippen molar-refractivity contribution >= 4 is 6.03 Å². The van der Waals surface area contributed by atoms with Crippen molar-refractivity contribution in [2.45, 2.75) is 25.7 Å². The minimum atomic E-state index is -0.112. The third-order valence-corrected chi connectivity index (χ3v) is 4.43. The molecule has 0 aliphatic rings. The summed E-state index contributed by atoms with van der Waals surface area (Å²) in [5.41, 5.74) is 2.43. The van der Waals surface area contributed by atoms with Gasteiger partial charge in [0.25, 0.3) is 0 Å². The number of carbonyl (C=O) groups is 1. The first-order chi connectivity index (χ1) is 12.2. The predicted octanol–water partition coefficient (Wildman–Crippen LogP) is 3.43. The SMILES string of the molecule is CCC(CNC(=O)N(CCO)CCc1ccccc1)c1ccccc1. The van der Waals surface area contributed by atoms with Gasteiger partial charge >= 0.3 is 6.03 Å². The molecular weight excluding hydrogens is 312 g/mol. The second-order valence-electron chi connectivity index (χ2n) is 6.15. The van der Waals surface area contributed by atoms with Crippen LogP contribution in [0.25, 0.3) is 0 Å². The van der Waals surface area contributed by atoms with E-state index in [-0.39, 0.29) is 12.6 Å². The van der Waals surface area contributed by atoms with Gasteiger partial charge in [0.05, 0.1) is 6.61 Å². The van der Waals surface area contributed by atoms with Gasteiger partial charge in [-0.2, -0.15) is 0 Å². The predicted molar refractivity (Wildman–Crippen MR) is 102 cm³/mol. The van der Waals surface area contributed by atoms with Gasteiger partial charge < -0.3 is 15.3 Å². The lowest BCUT2D eigenvalue weighted by molar-refractivity contribution is 0.177. The zero-order chi connectivity index (χ0) is 17.9. The Kier molecular flexibility index (Phi) is 7.99. The van der Waals surface area contributed by atoms with Crippen LogP contribution in [0.1, 0.15) is 30.4 Å². The highest BCUT2D eigenvalue weighted by Gasteiger charge is 2.15. The van der Waals surface area contributed by atoms with Crippen molar-refractivity contribution < 1.29 is 9.90 Å². The van der Waals surface area contributed by atoms with Gasteiger partial charge in [0.15, 0.2) is 0 Å². The van der Waals surface area contributed by atoms with Gasteiger partial charge in [0.1, 0.15) is 0 Å². The Morgan fingerprint density at radius 1 is 1.04 bits per heavy atom. The van der Waals surface area contributed by atoms with Crippen LogP contribution in [0.2, 0.25) is 0 Å². The van der Waals surface area contributed by atoms with E-state index in [0.29, 0.717) is 25.6 Å². The van der Waals surface area contributed by atoms with Crippen molar-refractivity contribution in [3.05, 3.63) is 71.8 Å². The van der Waals surface area contributed by atoms with Crippen LogP contribution < -0.4 is 5.32 Å². The number of amides is 2. The lowest BCUT2D eigenvalue weighted by atomic mass is 9.97. The second-order valence-corrected chi connectivity index (χ2v) is 6.15. The number of nitrogens with zero attached hydrogens (tertiary/aromatic N) is 1. The van der Waals surface area contributed by atoms with E-state index in [1.807, 2.05) is 36.4 Å². The zero-order valence-electron chi connectivity index (χ0n) is 14.9. The standard InChI is InChI=1S/C21H28N2O2/c1-2-19(20-11-7-4-8-12-20)17-22-21(25)23(15-16-24)14-13-18-9-5-3-6-10-18/h3-12,19,24H,2,13-17H2,1H3,(H,22,25). The Morgan fingerprint density at radius 2 is 1.68 bits per heavy atom. The molecule has 0 bridgehead atoms. The molecule has 4 nitrogen and oxygen atoms in total. The molecule has 2 amide bonds. The summed E-state index contributed by atoms with van der Waals surface area (Å²) in [6, 6.07) is 20.2. The first kappa shape index (κ1) is 19.0. The molecule has 2 aromatic carbocycles. The van der Waals surface area contributed by atoms with Gasteiger partial charge in [-0.05, 0) is 24.0 Å². The van der Waals surface area contributed by atoms with Crippen molar-refractivity contribution in [1.29, 1.82) is 0 Å². The molecule has 0 radical (unpaired) electrons. The summed E-state index contributed by atoms with van der Waals surface area (Å²) in [6.45, 7) is 3.65. The lowest BCUT2D eigenvalue weighted by Gasteiger charge is -2.24. The minimum absolute atomic E-state index is 0.0297. The molecule has 2 N–H and O–H groups in total. The van der Waals surface area contributed by atoms with Crippen LogP contribution >= 0.6 is 0 Å². The van der Waals surface area contributed by atoms with E-state index in [0.717, 1.165) is 12.8 Å². The lowest BCUT2D eigenvalue weighted by Crippen LogP contribution is -2.43. The molecule has 0 saturated heterocycles. The molecule has 1 atom stereocenters. The molecule has 134 valence electrons. The summed E-state index contributed by atoms with van der Waals surface area (Å²) in [5.74, 6) is 0.301. The molecule has 0 saturated carbocycles. The highest BCUT2D eigenvalue weighted by atomic mass is 16.3. The molecule has 1 unspecified atom stereocenters. The van der Waals surface area contributed by atoms with Gasteiger partial charge in [-0.1, -0.05) is 67.6 Å². The van der Waals surface area contributed by atoms with Crippen molar-refractivity contribution in [1.82, 2.24) is 10.2 Å². The van der Waals surface area contributed by atoms with Crippen molar-refractivity contribution in [3.8, 4) is 0 Å². The fourth-order valence-electron chi connectivity index (χ4n) is 2.89. The Balaban J connectivity index is 1.88. The minimum Gasteiger partial charge on any atom is -0.395 e. The number of aliphatic hydroxyl groups excluding tert-OH is 1. The summed E-state index contributed by atoms with van der Waals surface area (Å²) < 4.78 is 0. The Labute approximate surface area is 150 Å². The van der Waals surface area contributed by atoms with Crippen LogP contribution in [-0.2, 0) is 6.42 Å². The number of hydrogen-bond donors (Lipinski definition) is 2. The van der Waals surface area contributed by atoms with Crippen LogP contribution in [0.5, 0.6) is 0 Å². The van der Waals surface area contributed by atoms with Gasteiger partial charge in [-0.15, -0.1) is 0 Å².